The fraction of sp³-hybridized carbons (Fsp3) is 0.310. The molecule has 1 amide bonds. The van der Waals surface area contributed by atoms with E-state index in [1.165, 1.54) is 11.6 Å². The average molecular weight is 505 g/mol. The predicted molar refractivity (Wildman–Crippen MR) is 149 cm³/mol. The van der Waals surface area contributed by atoms with Gasteiger partial charge in [0.2, 0.25) is 0 Å². The van der Waals surface area contributed by atoms with Crippen LogP contribution in [0.25, 0.3) is 0 Å². The van der Waals surface area contributed by atoms with E-state index in [1.807, 2.05) is 60.7 Å². The summed E-state index contributed by atoms with van der Waals surface area (Å²) in [5.74, 6) is -0.381. The van der Waals surface area contributed by atoms with E-state index in [1.54, 1.807) is 6.07 Å². The van der Waals surface area contributed by atoms with Crippen molar-refractivity contribution < 1.29 is 9.18 Å². The van der Waals surface area contributed by atoms with Crippen molar-refractivity contribution in [3.63, 3.8) is 0 Å². The Labute approximate surface area is 218 Å². The van der Waals surface area contributed by atoms with Gasteiger partial charge in [-0.15, -0.1) is 0 Å². The summed E-state index contributed by atoms with van der Waals surface area (Å²) in [4.78, 5) is 17.2. The van der Waals surface area contributed by atoms with Gasteiger partial charge in [0, 0.05) is 55.2 Å². The summed E-state index contributed by atoms with van der Waals surface area (Å²) >= 11 is 5.35. The average Bonchev–Trinajstić information content (AvgIpc) is 2.86. The molecular formula is C29H33FN4OS. The lowest BCUT2D eigenvalue weighted by molar-refractivity contribution is 0.0977. The van der Waals surface area contributed by atoms with Gasteiger partial charge in [0.1, 0.15) is 5.82 Å². The Morgan fingerprint density at radius 1 is 0.917 bits per heavy atom. The quantitative estimate of drug-likeness (QED) is 0.445. The van der Waals surface area contributed by atoms with E-state index < -0.39 is 0 Å². The number of benzene rings is 3. The number of anilines is 2. The minimum atomic E-state index is -0.238. The van der Waals surface area contributed by atoms with Crippen molar-refractivity contribution in [1.82, 2.24) is 10.2 Å². The van der Waals surface area contributed by atoms with Crippen LogP contribution in [0.5, 0.6) is 0 Å². The van der Waals surface area contributed by atoms with E-state index in [4.69, 9.17) is 12.2 Å². The third-order valence-electron chi connectivity index (χ3n) is 6.45. The molecule has 36 heavy (non-hydrogen) atoms. The molecule has 3 aromatic rings. The van der Waals surface area contributed by atoms with Crippen molar-refractivity contribution in [3.8, 4) is 0 Å². The first kappa shape index (κ1) is 25.8. The van der Waals surface area contributed by atoms with Gasteiger partial charge in [0.15, 0.2) is 5.11 Å². The molecule has 2 N–H and O–H groups in total. The standard InChI is InChI=1S/C29H33FN4OS/c1-29(2,3)23-10-8-21(9-11-23)27(35)32-28(36)31-24-12-14-25(15-13-24)34-18-16-33(17-19-34)20-22-6-4-5-7-26(22)30/h4-15H,16-20H2,1-3H3,(H2,31,32,35,36). The Morgan fingerprint density at radius 3 is 2.17 bits per heavy atom. The Bertz CT molecular complexity index is 1200. The second-order valence-electron chi connectivity index (χ2n) is 10.1. The summed E-state index contributed by atoms with van der Waals surface area (Å²) in [7, 11) is 0. The molecule has 0 radical (unpaired) electrons. The van der Waals surface area contributed by atoms with Gasteiger partial charge in [-0.3, -0.25) is 15.0 Å². The van der Waals surface area contributed by atoms with Crippen LogP contribution in [-0.4, -0.2) is 42.1 Å². The highest BCUT2D eigenvalue weighted by Gasteiger charge is 2.19. The van der Waals surface area contributed by atoms with Crippen LogP contribution in [0.4, 0.5) is 15.8 Å². The molecule has 1 saturated heterocycles. The smallest absolute Gasteiger partial charge is 0.257 e. The largest absolute Gasteiger partial charge is 0.369 e. The van der Waals surface area contributed by atoms with Crippen molar-refractivity contribution in [2.75, 3.05) is 36.4 Å². The maximum atomic E-state index is 13.9. The van der Waals surface area contributed by atoms with Gasteiger partial charge in [0.25, 0.3) is 5.91 Å². The van der Waals surface area contributed by atoms with Crippen LogP contribution in [-0.2, 0) is 12.0 Å². The van der Waals surface area contributed by atoms with Gasteiger partial charge >= 0.3 is 0 Å². The van der Waals surface area contributed by atoms with Crippen LogP contribution in [0.1, 0.15) is 42.3 Å². The van der Waals surface area contributed by atoms with Crippen LogP contribution in [0, 0.1) is 5.82 Å². The number of piperazine rings is 1. The Morgan fingerprint density at radius 2 is 1.56 bits per heavy atom. The zero-order valence-corrected chi connectivity index (χ0v) is 21.9. The molecule has 0 spiro atoms. The van der Waals surface area contributed by atoms with E-state index >= 15 is 0 Å². The van der Waals surface area contributed by atoms with Crippen LogP contribution < -0.4 is 15.5 Å². The van der Waals surface area contributed by atoms with E-state index in [0.29, 0.717) is 12.1 Å². The first-order valence-corrected chi connectivity index (χ1v) is 12.6. The fourth-order valence-corrected chi connectivity index (χ4v) is 4.46. The number of thiocarbonyl (C=S) groups is 1. The Balaban J connectivity index is 1.26. The van der Waals surface area contributed by atoms with Crippen LogP contribution in [0.2, 0.25) is 0 Å². The molecule has 188 valence electrons. The first-order valence-electron chi connectivity index (χ1n) is 12.2. The van der Waals surface area contributed by atoms with Gasteiger partial charge in [-0.2, -0.15) is 0 Å². The van der Waals surface area contributed by atoms with Gasteiger partial charge in [0.05, 0.1) is 0 Å². The molecule has 0 aromatic heterocycles. The van der Waals surface area contributed by atoms with E-state index in [0.717, 1.165) is 43.1 Å². The minimum absolute atomic E-state index is 0.0349. The maximum absolute atomic E-state index is 13.9. The third-order valence-corrected chi connectivity index (χ3v) is 6.66. The molecule has 0 bridgehead atoms. The fourth-order valence-electron chi connectivity index (χ4n) is 4.25. The predicted octanol–water partition coefficient (Wildman–Crippen LogP) is 5.57. The number of carbonyl (C=O) groups is 1. The first-order chi connectivity index (χ1) is 17.2. The summed E-state index contributed by atoms with van der Waals surface area (Å²) < 4.78 is 13.9. The maximum Gasteiger partial charge on any atom is 0.257 e. The summed E-state index contributed by atoms with van der Waals surface area (Å²) in [6, 6.07) is 22.6. The topological polar surface area (TPSA) is 47.6 Å². The summed E-state index contributed by atoms with van der Waals surface area (Å²) in [5, 5.41) is 6.09. The molecule has 0 saturated carbocycles. The third kappa shape index (κ3) is 6.68. The number of halogens is 1. The molecule has 0 unspecified atom stereocenters. The van der Waals surface area contributed by atoms with Crippen molar-refractivity contribution in [2.45, 2.75) is 32.7 Å². The summed E-state index contributed by atoms with van der Waals surface area (Å²) in [5.41, 5.74) is 4.45. The molecule has 3 aromatic carbocycles. The Kier molecular flexibility index (Phi) is 8.01. The normalized spacial score (nSPS) is 14.4. The molecule has 1 aliphatic rings. The summed E-state index contributed by atoms with van der Waals surface area (Å²) in [6.07, 6.45) is 0. The minimum Gasteiger partial charge on any atom is -0.369 e. The lowest BCUT2D eigenvalue weighted by Crippen LogP contribution is -2.46. The zero-order valence-electron chi connectivity index (χ0n) is 21.1. The van der Waals surface area contributed by atoms with Crippen LogP contribution >= 0.6 is 12.2 Å². The highest BCUT2D eigenvalue weighted by Crippen LogP contribution is 2.23. The highest BCUT2D eigenvalue weighted by molar-refractivity contribution is 7.80. The molecule has 0 atom stereocenters. The SMILES string of the molecule is CC(C)(C)c1ccc(C(=O)NC(=S)Nc2ccc(N3CCN(Cc4ccccc4F)CC3)cc2)cc1. The van der Waals surface area contributed by atoms with Crippen molar-refractivity contribution in [1.29, 1.82) is 0 Å². The van der Waals surface area contributed by atoms with Gasteiger partial charge in [-0.05, 0) is 65.7 Å². The lowest BCUT2D eigenvalue weighted by atomic mass is 9.87. The van der Waals surface area contributed by atoms with Crippen molar-refractivity contribution >= 4 is 34.6 Å². The zero-order chi connectivity index (χ0) is 25.7. The molecule has 1 aliphatic heterocycles. The number of nitrogens with one attached hydrogen (secondary N) is 2. The molecule has 7 heteroatoms. The van der Waals surface area contributed by atoms with E-state index in [-0.39, 0.29) is 22.3 Å². The van der Waals surface area contributed by atoms with E-state index in [9.17, 15) is 9.18 Å². The molecular weight excluding hydrogens is 471 g/mol. The van der Waals surface area contributed by atoms with Gasteiger partial charge < -0.3 is 10.2 Å². The number of hydrogen-bond donors (Lipinski definition) is 2. The summed E-state index contributed by atoms with van der Waals surface area (Å²) in [6.45, 7) is 10.6. The molecule has 1 heterocycles. The highest BCUT2D eigenvalue weighted by atomic mass is 32.1. The number of carbonyl (C=O) groups excluding carboxylic acids is 1. The van der Waals surface area contributed by atoms with E-state index in [2.05, 4.69) is 41.2 Å². The second kappa shape index (κ2) is 11.2. The van der Waals surface area contributed by atoms with Crippen molar-refractivity contribution in [2.24, 2.45) is 0 Å². The van der Waals surface area contributed by atoms with Crippen LogP contribution in [0.3, 0.4) is 0 Å². The Hall–Kier alpha value is -3.29. The van der Waals surface area contributed by atoms with Crippen LogP contribution in [0.15, 0.2) is 72.8 Å². The number of hydrogen-bond acceptors (Lipinski definition) is 4. The number of nitrogens with zero attached hydrogens (tertiary/aromatic N) is 2. The van der Waals surface area contributed by atoms with Gasteiger partial charge in [-0.25, -0.2) is 4.39 Å². The molecule has 1 fully saturated rings. The molecule has 5 nitrogen and oxygen atoms in total. The number of rotatable bonds is 5. The van der Waals surface area contributed by atoms with Gasteiger partial charge in [-0.1, -0.05) is 51.1 Å². The lowest BCUT2D eigenvalue weighted by Gasteiger charge is -2.36. The molecule has 0 aliphatic carbocycles. The van der Waals surface area contributed by atoms with Crippen molar-refractivity contribution in [3.05, 3.63) is 95.3 Å². The number of amides is 1. The molecule has 4 rings (SSSR count). The second-order valence-corrected chi connectivity index (χ2v) is 10.5. The monoisotopic (exact) mass is 504 g/mol.